The molecule has 0 aliphatic heterocycles. The van der Waals surface area contributed by atoms with Gasteiger partial charge in [0.15, 0.2) is 0 Å². The Hall–Kier alpha value is -2.14. The van der Waals surface area contributed by atoms with Crippen LogP contribution in [0.3, 0.4) is 0 Å². The topological polar surface area (TPSA) is 56.1 Å². The smallest absolute Gasteiger partial charge is 0.277 e. The van der Waals surface area contributed by atoms with Crippen molar-refractivity contribution in [1.82, 2.24) is 15.3 Å². The highest BCUT2D eigenvalue weighted by Crippen LogP contribution is 2.16. The maximum atomic E-state index is 11.8. The van der Waals surface area contributed by atoms with Crippen LogP contribution in [-0.4, -0.2) is 22.8 Å². The van der Waals surface area contributed by atoms with Crippen LogP contribution < -0.4 is 5.48 Å². The summed E-state index contributed by atoms with van der Waals surface area (Å²) in [5.41, 5.74) is 5.84. The number of amides is 1. The van der Waals surface area contributed by atoms with Crippen molar-refractivity contribution in [2.45, 2.75) is 20.3 Å². The number of carbonyl (C=O) groups excluding carboxylic acids is 1. The van der Waals surface area contributed by atoms with E-state index in [1.54, 1.807) is 10.9 Å². The normalized spacial score (nSPS) is 10.5. The van der Waals surface area contributed by atoms with Gasteiger partial charge in [-0.1, -0.05) is 24.6 Å². The van der Waals surface area contributed by atoms with Crippen LogP contribution >= 0.6 is 0 Å². The van der Waals surface area contributed by atoms with Gasteiger partial charge in [-0.2, -0.15) is 5.10 Å². The fourth-order valence-electron chi connectivity index (χ4n) is 1.96. The zero-order valence-corrected chi connectivity index (χ0v) is 11.3. The summed E-state index contributed by atoms with van der Waals surface area (Å²) in [5, 5.41) is 4.29. The summed E-state index contributed by atoms with van der Waals surface area (Å²) in [4.78, 5) is 16.5. The molecule has 0 saturated carbocycles. The minimum absolute atomic E-state index is 0.280. The number of nitrogens with zero attached hydrogens (tertiary/aromatic N) is 2. The maximum absolute atomic E-state index is 11.8. The number of hydrogen-bond acceptors (Lipinski definition) is 3. The van der Waals surface area contributed by atoms with Gasteiger partial charge in [0.05, 0.1) is 30.3 Å². The largest absolute Gasteiger partial charge is 0.278 e. The molecule has 0 saturated heterocycles. The van der Waals surface area contributed by atoms with Crippen LogP contribution in [-0.2, 0) is 11.3 Å². The Bertz CT molecular complexity index is 573. The first-order chi connectivity index (χ1) is 9.17. The zero-order valence-electron chi connectivity index (χ0n) is 11.3. The van der Waals surface area contributed by atoms with Gasteiger partial charge in [-0.15, -0.1) is 0 Å². The summed E-state index contributed by atoms with van der Waals surface area (Å²) in [6.45, 7) is 4.02. The van der Waals surface area contributed by atoms with Crippen LogP contribution in [0.25, 0.3) is 5.69 Å². The second kappa shape index (κ2) is 5.67. The molecule has 19 heavy (non-hydrogen) atoms. The molecule has 0 aliphatic rings. The first-order valence-electron chi connectivity index (χ1n) is 6.14. The Kier molecular flexibility index (Phi) is 3.97. The Labute approximate surface area is 112 Å². The number of rotatable bonds is 4. The molecule has 0 aliphatic carbocycles. The highest BCUT2D eigenvalue weighted by atomic mass is 16.6. The van der Waals surface area contributed by atoms with Gasteiger partial charge < -0.3 is 0 Å². The van der Waals surface area contributed by atoms with E-state index >= 15 is 0 Å². The number of aromatic nitrogens is 2. The van der Waals surface area contributed by atoms with E-state index in [1.165, 1.54) is 12.7 Å². The molecular formula is C14H17N3O2. The number of nitrogens with one attached hydrogen (secondary N) is 1. The van der Waals surface area contributed by atoms with Crippen molar-refractivity contribution in [2.24, 2.45) is 0 Å². The minimum atomic E-state index is -0.280. The van der Waals surface area contributed by atoms with E-state index in [0.717, 1.165) is 11.4 Å². The average Bonchev–Trinajstić information content (AvgIpc) is 2.83. The van der Waals surface area contributed by atoms with E-state index in [2.05, 4.69) is 15.4 Å². The average molecular weight is 259 g/mol. The molecule has 1 amide bonds. The predicted molar refractivity (Wildman–Crippen MR) is 72.2 cm³/mol. The molecule has 2 rings (SSSR count). The fourth-order valence-corrected chi connectivity index (χ4v) is 1.96. The Morgan fingerprint density at radius 3 is 2.63 bits per heavy atom. The second-order valence-corrected chi connectivity index (χ2v) is 4.24. The van der Waals surface area contributed by atoms with E-state index in [9.17, 15) is 4.79 Å². The van der Waals surface area contributed by atoms with E-state index in [-0.39, 0.29) is 5.91 Å². The molecule has 0 spiro atoms. The number of benzene rings is 1. The molecule has 0 bridgehead atoms. The van der Waals surface area contributed by atoms with Gasteiger partial charge in [-0.3, -0.25) is 9.63 Å². The van der Waals surface area contributed by atoms with Crippen molar-refractivity contribution in [2.75, 3.05) is 7.11 Å². The molecular weight excluding hydrogens is 242 g/mol. The summed E-state index contributed by atoms with van der Waals surface area (Å²) in [7, 11) is 1.41. The number of carbonyl (C=O) groups is 1. The summed E-state index contributed by atoms with van der Waals surface area (Å²) >= 11 is 0. The van der Waals surface area contributed by atoms with Crippen LogP contribution in [0.15, 0.2) is 30.5 Å². The first kappa shape index (κ1) is 13.3. The standard InChI is InChI=1S/C14H17N3O2/c1-4-13-12(14(18)16-19-3)9-15-17(13)11-7-5-10(2)6-8-11/h5-9H,4H2,1-3H3,(H,16,18). The highest BCUT2D eigenvalue weighted by molar-refractivity contribution is 5.94. The van der Waals surface area contributed by atoms with Crippen LogP contribution in [0, 0.1) is 6.92 Å². The Morgan fingerprint density at radius 1 is 1.37 bits per heavy atom. The van der Waals surface area contributed by atoms with E-state index in [4.69, 9.17) is 0 Å². The van der Waals surface area contributed by atoms with Crippen molar-refractivity contribution < 1.29 is 9.63 Å². The lowest BCUT2D eigenvalue weighted by molar-refractivity contribution is 0.0536. The van der Waals surface area contributed by atoms with Crippen LogP contribution in [0.1, 0.15) is 28.5 Å². The van der Waals surface area contributed by atoms with Crippen molar-refractivity contribution >= 4 is 5.91 Å². The lowest BCUT2D eigenvalue weighted by atomic mass is 10.2. The molecule has 0 unspecified atom stereocenters. The number of hydroxylamine groups is 1. The summed E-state index contributed by atoms with van der Waals surface area (Å²) in [6, 6.07) is 8.01. The van der Waals surface area contributed by atoms with E-state index in [1.807, 2.05) is 38.1 Å². The summed E-state index contributed by atoms with van der Waals surface area (Å²) < 4.78 is 1.78. The fraction of sp³-hybridized carbons (Fsp3) is 0.286. The van der Waals surface area contributed by atoms with Gasteiger partial charge in [0.1, 0.15) is 0 Å². The molecule has 1 heterocycles. The van der Waals surface area contributed by atoms with Crippen molar-refractivity contribution in [3.8, 4) is 5.69 Å². The molecule has 100 valence electrons. The maximum Gasteiger partial charge on any atom is 0.278 e. The van der Waals surface area contributed by atoms with E-state index in [0.29, 0.717) is 12.0 Å². The lowest BCUT2D eigenvalue weighted by Crippen LogP contribution is -2.22. The van der Waals surface area contributed by atoms with Crippen LogP contribution in [0.5, 0.6) is 0 Å². The van der Waals surface area contributed by atoms with E-state index < -0.39 is 0 Å². The Balaban J connectivity index is 2.42. The Morgan fingerprint density at radius 2 is 2.05 bits per heavy atom. The summed E-state index contributed by atoms with van der Waals surface area (Å²) in [5.74, 6) is -0.280. The number of aryl methyl sites for hydroxylation is 1. The van der Waals surface area contributed by atoms with Crippen molar-refractivity contribution in [3.05, 3.63) is 47.3 Å². The predicted octanol–water partition coefficient (Wildman–Crippen LogP) is 2.03. The molecule has 0 radical (unpaired) electrons. The molecule has 2 aromatic rings. The molecule has 5 nitrogen and oxygen atoms in total. The lowest BCUT2D eigenvalue weighted by Gasteiger charge is -2.08. The minimum Gasteiger partial charge on any atom is -0.277 e. The third-order valence-electron chi connectivity index (χ3n) is 2.92. The van der Waals surface area contributed by atoms with Gasteiger partial charge >= 0.3 is 0 Å². The third kappa shape index (κ3) is 2.66. The van der Waals surface area contributed by atoms with Gasteiger partial charge in [-0.25, -0.2) is 10.2 Å². The second-order valence-electron chi connectivity index (χ2n) is 4.24. The zero-order chi connectivity index (χ0) is 13.8. The molecule has 1 aromatic heterocycles. The van der Waals surface area contributed by atoms with Gasteiger partial charge in [0.2, 0.25) is 0 Å². The quantitative estimate of drug-likeness (QED) is 0.855. The molecule has 1 N–H and O–H groups in total. The van der Waals surface area contributed by atoms with Gasteiger partial charge in [0.25, 0.3) is 5.91 Å². The number of hydrogen-bond donors (Lipinski definition) is 1. The molecule has 0 fully saturated rings. The van der Waals surface area contributed by atoms with Crippen molar-refractivity contribution in [3.63, 3.8) is 0 Å². The molecule has 5 heteroatoms. The van der Waals surface area contributed by atoms with Crippen LogP contribution in [0.2, 0.25) is 0 Å². The van der Waals surface area contributed by atoms with Crippen molar-refractivity contribution in [1.29, 1.82) is 0 Å². The highest BCUT2D eigenvalue weighted by Gasteiger charge is 2.16. The van der Waals surface area contributed by atoms with Gasteiger partial charge in [0, 0.05) is 0 Å². The monoisotopic (exact) mass is 259 g/mol. The molecule has 0 atom stereocenters. The third-order valence-corrected chi connectivity index (χ3v) is 2.92. The van der Waals surface area contributed by atoms with Crippen LogP contribution in [0.4, 0.5) is 0 Å². The van der Waals surface area contributed by atoms with Gasteiger partial charge in [-0.05, 0) is 25.5 Å². The first-order valence-corrected chi connectivity index (χ1v) is 6.14. The summed E-state index contributed by atoms with van der Waals surface area (Å²) in [6.07, 6.45) is 2.27. The SMILES string of the molecule is CCc1c(C(=O)NOC)cnn1-c1ccc(C)cc1. The molecule has 1 aromatic carbocycles.